The smallest absolute Gasteiger partial charge is 0.270 e. The Morgan fingerprint density at radius 1 is 1.22 bits per heavy atom. The first-order valence-corrected chi connectivity index (χ1v) is 8.92. The van der Waals surface area contributed by atoms with E-state index < -0.39 is 6.04 Å². The zero-order valence-corrected chi connectivity index (χ0v) is 16.3. The van der Waals surface area contributed by atoms with E-state index in [2.05, 4.69) is 29.4 Å². The Bertz CT molecular complexity index is 853. The minimum atomic E-state index is -0.614. The molecule has 0 radical (unpaired) electrons. The third kappa shape index (κ3) is 3.60. The molecule has 1 fully saturated rings. The summed E-state index contributed by atoms with van der Waals surface area (Å²) in [4.78, 5) is 32.0. The number of nitrogens with one attached hydrogen (secondary N) is 1. The Kier molecular flexibility index (Phi) is 5.07. The lowest BCUT2D eigenvalue weighted by Gasteiger charge is -2.32. The normalized spacial score (nSPS) is 20.1. The van der Waals surface area contributed by atoms with Crippen molar-refractivity contribution in [2.75, 3.05) is 20.6 Å². The van der Waals surface area contributed by atoms with Gasteiger partial charge < -0.3 is 0 Å². The zero-order chi connectivity index (χ0) is 19.7. The fraction of sp³-hybridized carbons (Fsp3) is 0.421. The molecule has 1 unspecified atom stereocenters. The molecule has 2 aliphatic heterocycles. The highest BCUT2D eigenvalue weighted by molar-refractivity contribution is 6.22. The molecule has 1 aromatic carbocycles. The molecule has 0 aromatic heterocycles. The van der Waals surface area contributed by atoms with Crippen LogP contribution in [-0.4, -0.2) is 71.0 Å². The molecule has 0 aliphatic carbocycles. The van der Waals surface area contributed by atoms with Crippen LogP contribution < -0.4 is 5.43 Å². The van der Waals surface area contributed by atoms with Crippen LogP contribution in [0.4, 0.5) is 4.79 Å². The van der Waals surface area contributed by atoms with E-state index >= 15 is 0 Å². The summed E-state index contributed by atoms with van der Waals surface area (Å²) >= 11 is 0. The van der Waals surface area contributed by atoms with Crippen LogP contribution in [0.3, 0.4) is 0 Å². The van der Waals surface area contributed by atoms with Crippen molar-refractivity contribution >= 4 is 29.9 Å². The number of fused-ring (bicyclic) bond motifs is 1. The van der Waals surface area contributed by atoms with Crippen molar-refractivity contribution in [2.24, 2.45) is 16.0 Å². The molecule has 2 heterocycles. The predicted molar refractivity (Wildman–Crippen MR) is 104 cm³/mol. The summed E-state index contributed by atoms with van der Waals surface area (Å²) in [5.74, 6) is 0.919. The molecule has 3 rings (SSSR count). The Balaban J connectivity index is 1.89. The number of hydrogen-bond acceptors (Lipinski definition) is 5. The number of hydrogen-bond donors (Lipinski definition) is 1. The van der Waals surface area contributed by atoms with Gasteiger partial charge in [0.1, 0.15) is 0 Å². The van der Waals surface area contributed by atoms with Gasteiger partial charge in [-0.25, -0.2) is 9.37 Å². The summed E-state index contributed by atoms with van der Waals surface area (Å²) in [5, 5.41) is 4.27. The minimum Gasteiger partial charge on any atom is -0.270 e. The number of guanidine groups is 1. The first kappa shape index (κ1) is 18.8. The molecular formula is C19H25N6O2+. The topological polar surface area (TPSA) is 80.4 Å². The highest BCUT2D eigenvalue weighted by Gasteiger charge is 2.51. The number of likely N-dealkylation sites (N-methyl/N-ethyl adjacent to an activating group) is 2. The standard InChI is InChI=1S/C19H24N6O2/c1-12(2)11-25-15-16(23(4)19(27)24(5)17(15)26)21-18(25)22-20-10-14-8-6-13(3)7-9-14/h6-10,12,15H,11H2,1-5H3/p+1/b20-10+. The van der Waals surface area contributed by atoms with E-state index in [4.69, 9.17) is 0 Å². The average molecular weight is 369 g/mol. The van der Waals surface area contributed by atoms with E-state index in [1.165, 1.54) is 17.5 Å². The van der Waals surface area contributed by atoms with Gasteiger partial charge in [-0.1, -0.05) is 48.7 Å². The zero-order valence-electron chi connectivity index (χ0n) is 16.3. The van der Waals surface area contributed by atoms with Crippen molar-refractivity contribution in [3.8, 4) is 0 Å². The van der Waals surface area contributed by atoms with Gasteiger partial charge in [0.15, 0.2) is 0 Å². The maximum absolute atomic E-state index is 12.7. The lowest BCUT2D eigenvalue weighted by atomic mass is 10.1. The van der Waals surface area contributed by atoms with Crippen molar-refractivity contribution in [1.82, 2.24) is 15.2 Å². The van der Waals surface area contributed by atoms with Crippen LogP contribution in [0.2, 0.25) is 0 Å². The second-order valence-corrected chi connectivity index (χ2v) is 7.26. The molecule has 1 atom stereocenters. The number of hydrazone groups is 1. The fourth-order valence-electron chi connectivity index (χ4n) is 3.09. The molecule has 1 aromatic rings. The lowest BCUT2D eigenvalue weighted by molar-refractivity contribution is -0.543. The Morgan fingerprint density at radius 2 is 1.89 bits per heavy atom. The van der Waals surface area contributed by atoms with Crippen molar-refractivity contribution in [3.05, 3.63) is 35.4 Å². The Morgan fingerprint density at radius 3 is 2.52 bits per heavy atom. The molecule has 8 heteroatoms. The molecule has 0 bridgehead atoms. The minimum absolute atomic E-state index is 0.281. The number of aryl methyl sites for hydroxylation is 1. The summed E-state index contributed by atoms with van der Waals surface area (Å²) in [6, 6.07) is 6.98. The second-order valence-electron chi connectivity index (χ2n) is 7.26. The lowest BCUT2D eigenvalue weighted by Crippen LogP contribution is -2.61. The highest BCUT2D eigenvalue weighted by atomic mass is 16.2. The first-order chi connectivity index (χ1) is 12.8. The molecular weight excluding hydrogens is 344 g/mol. The van der Waals surface area contributed by atoms with Gasteiger partial charge in [-0.3, -0.25) is 14.6 Å². The van der Waals surface area contributed by atoms with Crippen LogP contribution in [0.15, 0.2) is 34.4 Å². The van der Waals surface area contributed by atoms with Crippen LogP contribution in [0.25, 0.3) is 0 Å². The van der Waals surface area contributed by atoms with Gasteiger partial charge in [0.05, 0.1) is 12.8 Å². The monoisotopic (exact) mass is 369 g/mol. The number of rotatable bonds is 4. The van der Waals surface area contributed by atoms with E-state index in [9.17, 15) is 9.59 Å². The Labute approximate surface area is 158 Å². The number of nitrogens with zero attached hydrogens (tertiary/aromatic N) is 5. The van der Waals surface area contributed by atoms with Gasteiger partial charge in [0.2, 0.25) is 11.9 Å². The number of amidine groups is 1. The van der Waals surface area contributed by atoms with E-state index in [0.717, 1.165) is 10.5 Å². The van der Waals surface area contributed by atoms with E-state index in [1.54, 1.807) is 13.3 Å². The number of imide groups is 1. The SMILES string of the molecule is Cc1ccc(/C=N/NC2=[N+](CC(C)C)C3C(=O)N(C)C(=O)N(C)C3=N2)cc1. The number of carbonyl (C=O) groups is 2. The number of urea groups is 1. The molecule has 1 saturated heterocycles. The van der Waals surface area contributed by atoms with Gasteiger partial charge in [0.25, 0.3) is 5.91 Å². The third-order valence-corrected chi connectivity index (χ3v) is 4.55. The summed E-state index contributed by atoms with van der Waals surface area (Å²) in [7, 11) is 3.12. The summed E-state index contributed by atoms with van der Waals surface area (Å²) in [5.41, 5.74) is 5.08. The first-order valence-electron chi connectivity index (χ1n) is 8.92. The van der Waals surface area contributed by atoms with Crippen molar-refractivity contribution < 1.29 is 14.2 Å². The maximum atomic E-state index is 12.7. The molecule has 27 heavy (non-hydrogen) atoms. The molecule has 0 spiro atoms. The van der Waals surface area contributed by atoms with E-state index in [1.807, 2.05) is 35.8 Å². The van der Waals surface area contributed by atoms with Gasteiger partial charge in [-0.15, -0.1) is 5.10 Å². The molecule has 8 nitrogen and oxygen atoms in total. The Hall–Kier alpha value is -3.03. The van der Waals surface area contributed by atoms with Gasteiger partial charge in [-0.2, -0.15) is 5.43 Å². The molecule has 3 amide bonds. The van der Waals surface area contributed by atoms with Crippen molar-refractivity contribution in [3.63, 3.8) is 0 Å². The van der Waals surface area contributed by atoms with Crippen molar-refractivity contribution in [2.45, 2.75) is 26.8 Å². The predicted octanol–water partition coefficient (Wildman–Crippen LogP) is 1.25. The third-order valence-electron chi connectivity index (χ3n) is 4.55. The molecule has 142 valence electrons. The second kappa shape index (κ2) is 7.30. The van der Waals surface area contributed by atoms with E-state index in [0.29, 0.717) is 24.3 Å². The number of benzene rings is 1. The van der Waals surface area contributed by atoms with Gasteiger partial charge >= 0.3 is 12.0 Å². The largest absolute Gasteiger partial charge is 0.413 e. The summed E-state index contributed by atoms with van der Waals surface area (Å²) in [6.07, 6.45) is 1.70. The van der Waals surface area contributed by atoms with Crippen LogP contribution in [-0.2, 0) is 4.79 Å². The van der Waals surface area contributed by atoms with Crippen LogP contribution in [0, 0.1) is 12.8 Å². The molecule has 0 saturated carbocycles. The van der Waals surface area contributed by atoms with E-state index in [-0.39, 0.29) is 11.9 Å². The average Bonchev–Trinajstić information content (AvgIpc) is 2.98. The van der Waals surface area contributed by atoms with Crippen LogP contribution in [0.1, 0.15) is 25.0 Å². The quantitative estimate of drug-likeness (QED) is 0.493. The highest BCUT2D eigenvalue weighted by Crippen LogP contribution is 2.19. The van der Waals surface area contributed by atoms with Crippen LogP contribution in [0.5, 0.6) is 0 Å². The maximum Gasteiger partial charge on any atom is 0.413 e. The van der Waals surface area contributed by atoms with Crippen LogP contribution >= 0.6 is 0 Å². The fourth-order valence-corrected chi connectivity index (χ4v) is 3.09. The number of aliphatic imine (C=N–C) groups is 1. The van der Waals surface area contributed by atoms with Gasteiger partial charge in [-0.05, 0) is 18.4 Å². The summed E-state index contributed by atoms with van der Waals surface area (Å²) < 4.78 is 1.87. The van der Waals surface area contributed by atoms with Crippen molar-refractivity contribution in [1.29, 1.82) is 0 Å². The number of carbonyl (C=O) groups excluding carboxylic acids is 2. The molecule has 2 aliphatic rings. The van der Waals surface area contributed by atoms with Gasteiger partial charge in [0, 0.05) is 14.1 Å². The molecule has 1 N–H and O–H groups in total. The summed E-state index contributed by atoms with van der Waals surface area (Å²) in [6.45, 7) is 6.77. The number of amides is 3.